The molecule has 2 unspecified atom stereocenters. The van der Waals surface area contributed by atoms with Gasteiger partial charge in [-0.3, -0.25) is 0 Å². The van der Waals surface area contributed by atoms with E-state index in [1.54, 1.807) is 6.92 Å². The highest BCUT2D eigenvalue weighted by molar-refractivity contribution is 7.90. The Hall–Kier alpha value is -0.950. The first-order chi connectivity index (χ1) is 9.23. The van der Waals surface area contributed by atoms with Crippen molar-refractivity contribution in [1.82, 2.24) is 15.5 Å². The first-order valence-corrected chi connectivity index (χ1v) is 8.92. The van der Waals surface area contributed by atoms with Crippen LogP contribution in [-0.4, -0.2) is 37.9 Å². The van der Waals surface area contributed by atoms with Crippen LogP contribution in [-0.2, 0) is 15.3 Å². The van der Waals surface area contributed by atoms with Gasteiger partial charge in [0.05, 0.1) is 0 Å². The van der Waals surface area contributed by atoms with Gasteiger partial charge in [0.1, 0.15) is 5.25 Å². The zero-order chi connectivity index (χ0) is 15.0. The van der Waals surface area contributed by atoms with E-state index in [9.17, 15) is 8.42 Å². The molecule has 0 aromatic carbocycles. The van der Waals surface area contributed by atoms with Gasteiger partial charge in [0.2, 0.25) is 5.89 Å². The zero-order valence-electron chi connectivity index (χ0n) is 12.5. The normalized spacial score (nSPS) is 22.7. The molecule has 0 radical (unpaired) electrons. The van der Waals surface area contributed by atoms with Crippen molar-refractivity contribution in [3.8, 4) is 0 Å². The second-order valence-electron chi connectivity index (χ2n) is 6.19. The lowest BCUT2D eigenvalue weighted by molar-refractivity contribution is 0.196. The summed E-state index contributed by atoms with van der Waals surface area (Å²) >= 11 is 0. The molecule has 0 spiro atoms. The maximum absolute atomic E-state index is 11.6. The molecule has 1 aliphatic rings. The lowest BCUT2D eigenvalue weighted by Crippen LogP contribution is -2.41. The van der Waals surface area contributed by atoms with Crippen molar-refractivity contribution >= 4 is 9.84 Å². The van der Waals surface area contributed by atoms with Crippen LogP contribution in [0.5, 0.6) is 0 Å². The highest BCUT2D eigenvalue weighted by Crippen LogP contribution is 2.35. The quantitative estimate of drug-likeness (QED) is 0.906. The molecule has 1 N–H and O–H groups in total. The number of aromatic nitrogens is 2. The van der Waals surface area contributed by atoms with Gasteiger partial charge in [-0.1, -0.05) is 19.0 Å². The minimum Gasteiger partial charge on any atom is -0.339 e. The molecule has 0 amide bonds. The van der Waals surface area contributed by atoms with Gasteiger partial charge in [-0.05, 0) is 38.8 Å². The average molecular weight is 301 g/mol. The highest BCUT2D eigenvalue weighted by Gasteiger charge is 2.38. The summed E-state index contributed by atoms with van der Waals surface area (Å²) in [5, 5.41) is 6.50. The maximum atomic E-state index is 11.6. The number of nitrogens with zero attached hydrogens (tertiary/aromatic N) is 2. The van der Waals surface area contributed by atoms with Crippen molar-refractivity contribution in [1.29, 1.82) is 0 Å². The Morgan fingerprint density at radius 2 is 2.15 bits per heavy atom. The Morgan fingerprint density at radius 1 is 1.45 bits per heavy atom. The van der Waals surface area contributed by atoms with Crippen molar-refractivity contribution in [3.05, 3.63) is 11.7 Å². The van der Waals surface area contributed by atoms with Gasteiger partial charge in [0.15, 0.2) is 15.7 Å². The minimum atomic E-state index is -3.21. The van der Waals surface area contributed by atoms with Gasteiger partial charge in [0.25, 0.3) is 0 Å². The monoisotopic (exact) mass is 301 g/mol. The summed E-state index contributed by atoms with van der Waals surface area (Å²) in [5.74, 6) is 1.19. The molecule has 1 aromatic heterocycles. The predicted molar refractivity (Wildman–Crippen MR) is 76.2 cm³/mol. The Bertz CT molecular complexity index is 559. The summed E-state index contributed by atoms with van der Waals surface area (Å²) in [6, 6.07) is 0. The fourth-order valence-electron chi connectivity index (χ4n) is 2.50. The van der Waals surface area contributed by atoms with Gasteiger partial charge in [-0.2, -0.15) is 4.98 Å². The molecule has 0 saturated carbocycles. The van der Waals surface area contributed by atoms with E-state index in [0.29, 0.717) is 11.8 Å². The summed E-state index contributed by atoms with van der Waals surface area (Å²) in [4.78, 5) is 4.34. The van der Waals surface area contributed by atoms with Crippen LogP contribution in [0.3, 0.4) is 0 Å². The summed E-state index contributed by atoms with van der Waals surface area (Å²) in [6.45, 7) is 7.71. The molecule has 2 atom stereocenters. The molecule has 0 bridgehead atoms. The lowest BCUT2D eigenvalue weighted by atomic mass is 9.75. The molecular formula is C13H23N3O3S. The third kappa shape index (κ3) is 3.03. The van der Waals surface area contributed by atoms with E-state index in [0.717, 1.165) is 25.9 Å². The molecule has 114 valence electrons. The maximum Gasteiger partial charge on any atom is 0.232 e. The Labute approximate surface area is 120 Å². The number of hydrogen-bond acceptors (Lipinski definition) is 6. The number of rotatable bonds is 4. The fourth-order valence-corrected chi connectivity index (χ4v) is 2.97. The highest BCUT2D eigenvalue weighted by atomic mass is 32.2. The zero-order valence-corrected chi connectivity index (χ0v) is 13.3. The smallest absolute Gasteiger partial charge is 0.232 e. The minimum absolute atomic E-state index is 0.249. The number of piperidine rings is 1. The molecule has 2 rings (SSSR count). The van der Waals surface area contributed by atoms with E-state index < -0.39 is 15.1 Å². The van der Waals surface area contributed by atoms with Gasteiger partial charge < -0.3 is 9.84 Å². The van der Waals surface area contributed by atoms with Crippen LogP contribution in [0, 0.1) is 5.92 Å². The van der Waals surface area contributed by atoms with Crippen LogP contribution in [0.4, 0.5) is 0 Å². The molecule has 0 aliphatic carbocycles. The van der Waals surface area contributed by atoms with E-state index in [1.807, 2.05) is 0 Å². The average Bonchev–Trinajstić information content (AvgIpc) is 2.88. The number of hydrogen-bond donors (Lipinski definition) is 1. The van der Waals surface area contributed by atoms with Crippen LogP contribution < -0.4 is 5.32 Å². The molecule has 1 aliphatic heterocycles. The third-order valence-corrected chi connectivity index (χ3v) is 5.81. The summed E-state index contributed by atoms with van der Waals surface area (Å²) in [5.41, 5.74) is -0.254. The van der Waals surface area contributed by atoms with Gasteiger partial charge >= 0.3 is 0 Å². The van der Waals surface area contributed by atoms with E-state index in [2.05, 4.69) is 29.3 Å². The number of nitrogens with one attached hydrogen (secondary N) is 1. The molecule has 6 nitrogen and oxygen atoms in total. The van der Waals surface area contributed by atoms with E-state index >= 15 is 0 Å². The molecule has 7 heteroatoms. The van der Waals surface area contributed by atoms with Crippen LogP contribution in [0.1, 0.15) is 50.6 Å². The first kappa shape index (κ1) is 15.4. The first-order valence-electron chi connectivity index (χ1n) is 6.96. The van der Waals surface area contributed by atoms with E-state index in [-0.39, 0.29) is 11.2 Å². The Morgan fingerprint density at radius 3 is 2.70 bits per heavy atom. The molecule has 2 heterocycles. The van der Waals surface area contributed by atoms with Gasteiger partial charge in [0, 0.05) is 11.7 Å². The Kier molecular flexibility index (Phi) is 4.20. The molecule has 1 saturated heterocycles. The largest absolute Gasteiger partial charge is 0.339 e. The number of sulfone groups is 1. The van der Waals surface area contributed by atoms with Crippen LogP contribution in [0.2, 0.25) is 0 Å². The standard InChI is InChI=1S/C13H23N3O3S/c1-9(20(4,17)18)11-15-12(19-16-11)13(2,3)10-6-5-7-14-8-10/h9-10,14H,5-8H2,1-4H3. The van der Waals surface area contributed by atoms with Crippen molar-refractivity contribution in [2.45, 2.75) is 44.3 Å². The fraction of sp³-hybridized carbons (Fsp3) is 0.846. The van der Waals surface area contributed by atoms with Gasteiger partial charge in [-0.25, -0.2) is 8.42 Å². The third-order valence-electron chi connectivity index (χ3n) is 4.32. The topological polar surface area (TPSA) is 85.1 Å². The second-order valence-corrected chi connectivity index (χ2v) is 8.56. The van der Waals surface area contributed by atoms with E-state index in [1.165, 1.54) is 6.26 Å². The SMILES string of the molecule is CC(c1noc(C(C)(C)C2CCCNC2)n1)S(C)(=O)=O. The molecule has 20 heavy (non-hydrogen) atoms. The Balaban J connectivity index is 2.23. The summed E-state index contributed by atoms with van der Waals surface area (Å²) in [6.07, 6.45) is 3.43. The van der Waals surface area contributed by atoms with Crippen molar-refractivity contribution < 1.29 is 12.9 Å². The van der Waals surface area contributed by atoms with Crippen molar-refractivity contribution in [2.75, 3.05) is 19.3 Å². The molecule has 1 aromatic rings. The molecule has 1 fully saturated rings. The van der Waals surface area contributed by atoms with Crippen LogP contribution in [0.15, 0.2) is 4.52 Å². The van der Waals surface area contributed by atoms with E-state index in [4.69, 9.17) is 4.52 Å². The molecular weight excluding hydrogens is 278 g/mol. The predicted octanol–water partition coefficient (Wildman–Crippen LogP) is 1.45. The lowest BCUT2D eigenvalue weighted by Gasteiger charge is -2.34. The van der Waals surface area contributed by atoms with Crippen molar-refractivity contribution in [3.63, 3.8) is 0 Å². The summed E-state index contributed by atoms with van der Waals surface area (Å²) in [7, 11) is -3.21. The summed E-state index contributed by atoms with van der Waals surface area (Å²) < 4.78 is 28.5. The van der Waals surface area contributed by atoms with Crippen LogP contribution >= 0.6 is 0 Å². The van der Waals surface area contributed by atoms with Gasteiger partial charge in [-0.15, -0.1) is 0 Å². The van der Waals surface area contributed by atoms with Crippen molar-refractivity contribution in [2.24, 2.45) is 5.92 Å². The van der Waals surface area contributed by atoms with Crippen LogP contribution in [0.25, 0.3) is 0 Å². The second kappa shape index (κ2) is 5.44.